The minimum absolute atomic E-state index is 0.0290. The van der Waals surface area contributed by atoms with E-state index in [0.717, 1.165) is 34.9 Å². The highest BCUT2D eigenvalue weighted by molar-refractivity contribution is 9.09. The number of ether oxygens (including phenoxy) is 1. The van der Waals surface area contributed by atoms with Crippen molar-refractivity contribution in [2.24, 2.45) is 0 Å². The Balaban J connectivity index is 2.23. The molecule has 0 saturated carbocycles. The summed E-state index contributed by atoms with van der Waals surface area (Å²) in [7, 11) is 0. The van der Waals surface area contributed by atoms with E-state index in [2.05, 4.69) is 40.3 Å². The Hall–Kier alpha value is -0.870. The van der Waals surface area contributed by atoms with Crippen LogP contribution in [-0.2, 0) is 4.74 Å². The predicted molar refractivity (Wildman–Crippen MR) is 84.7 cm³/mol. The Morgan fingerprint density at radius 2 is 1.80 bits per heavy atom. The Labute approximate surface area is 129 Å². The minimum atomic E-state index is -0.181. The van der Waals surface area contributed by atoms with E-state index in [1.54, 1.807) is 0 Å². The van der Waals surface area contributed by atoms with Crippen molar-refractivity contribution in [1.29, 1.82) is 0 Å². The van der Waals surface area contributed by atoms with E-state index >= 15 is 0 Å². The Morgan fingerprint density at radius 1 is 1.25 bits per heavy atom. The van der Waals surface area contributed by atoms with Crippen LogP contribution in [0.25, 0.3) is 0 Å². The summed E-state index contributed by atoms with van der Waals surface area (Å²) in [6.07, 6.45) is 1.71. The van der Waals surface area contributed by atoms with Crippen molar-refractivity contribution in [2.75, 3.05) is 18.5 Å². The SMILES string of the molecule is Cc1cc(C)c(C(=O)NC2(CBr)CCOCC2)c(C)c1. The molecule has 1 fully saturated rings. The second-order valence-corrected chi connectivity index (χ2v) is 6.31. The number of alkyl halides is 1. The molecule has 0 aromatic heterocycles. The standard InChI is InChI=1S/C16H22BrNO2/c1-11-8-12(2)14(13(3)9-11)15(19)18-16(10-17)4-6-20-7-5-16/h8-9H,4-7,10H2,1-3H3,(H,18,19). The second-order valence-electron chi connectivity index (χ2n) is 5.75. The molecule has 1 amide bonds. The van der Waals surface area contributed by atoms with Crippen molar-refractivity contribution >= 4 is 21.8 Å². The van der Waals surface area contributed by atoms with Crippen LogP contribution in [0.3, 0.4) is 0 Å². The number of carbonyl (C=O) groups excluding carboxylic acids is 1. The quantitative estimate of drug-likeness (QED) is 0.858. The van der Waals surface area contributed by atoms with Crippen LogP contribution < -0.4 is 5.32 Å². The van der Waals surface area contributed by atoms with Gasteiger partial charge in [-0.2, -0.15) is 0 Å². The number of rotatable bonds is 3. The number of nitrogens with one attached hydrogen (secondary N) is 1. The van der Waals surface area contributed by atoms with Gasteiger partial charge in [0, 0.05) is 24.1 Å². The lowest BCUT2D eigenvalue weighted by molar-refractivity contribution is 0.0441. The molecule has 0 spiro atoms. The Bertz CT molecular complexity index is 484. The summed E-state index contributed by atoms with van der Waals surface area (Å²) >= 11 is 3.55. The van der Waals surface area contributed by atoms with Gasteiger partial charge in [0.1, 0.15) is 0 Å². The molecule has 3 nitrogen and oxygen atoms in total. The molecule has 4 heteroatoms. The molecule has 0 unspecified atom stereocenters. The van der Waals surface area contributed by atoms with Crippen LogP contribution in [0, 0.1) is 20.8 Å². The summed E-state index contributed by atoms with van der Waals surface area (Å²) in [5.74, 6) is 0.0290. The molecule has 1 aliphatic rings. The molecule has 1 aromatic carbocycles. The minimum Gasteiger partial charge on any atom is -0.381 e. The average Bonchev–Trinajstić information content (AvgIpc) is 2.38. The molecule has 0 atom stereocenters. The van der Waals surface area contributed by atoms with Gasteiger partial charge < -0.3 is 10.1 Å². The maximum Gasteiger partial charge on any atom is 0.252 e. The van der Waals surface area contributed by atoms with E-state index in [4.69, 9.17) is 4.74 Å². The Morgan fingerprint density at radius 3 is 2.30 bits per heavy atom. The van der Waals surface area contributed by atoms with Crippen molar-refractivity contribution in [3.63, 3.8) is 0 Å². The number of hydrogen-bond acceptors (Lipinski definition) is 2. The first-order valence-corrected chi connectivity index (χ1v) is 8.14. The average molecular weight is 340 g/mol. The van der Waals surface area contributed by atoms with Crippen LogP contribution in [-0.4, -0.2) is 30.0 Å². The molecule has 2 rings (SSSR count). The van der Waals surface area contributed by atoms with E-state index in [-0.39, 0.29) is 11.4 Å². The largest absolute Gasteiger partial charge is 0.381 e. The highest BCUT2D eigenvalue weighted by atomic mass is 79.9. The van der Waals surface area contributed by atoms with Gasteiger partial charge in [-0.05, 0) is 44.7 Å². The highest BCUT2D eigenvalue weighted by Gasteiger charge is 2.33. The summed E-state index contributed by atoms with van der Waals surface area (Å²) in [4.78, 5) is 12.7. The smallest absolute Gasteiger partial charge is 0.252 e. The maximum absolute atomic E-state index is 12.7. The van der Waals surface area contributed by atoms with Crippen molar-refractivity contribution in [1.82, 2.24) is 5.32 Å². The fourth-order valence-corrected chi connectivity index (χ4v) is 3.60. The van der Waals surface area contributed by atoms with Crippen LogP contribution in [0.5, 0.6) is 0 Å². The third-order valence-corrected chi connectivity index (χ3v) is 5.06. The molecule has 1 heterocycles. The van der Waals surface area contributed by atoms with Gasteiger partial charge in [0.2, 0.25) is 0 Å². The van der Waals surface area contributed by atoms with Crippen molar-refractivity contribution in [2.45, 2.75) is 39.2 Å². The summed E-state index contributed by atoms with van der Waals surface area (Å²) < 4.78 is 5.40. The monoisotopic (exact) mass is 339 g/mol. The predicted octanol–water partition coefficient (Wildman–Crippen LogP) is 3.29. The Kier molecular flexibility index (Phi) is 4.86. The molecule has 1 saturated heterocycles. The van der Waals surface area contributed by atoms with E-state index in [9.17, 15) is 4.79 Å². The number of aryl methyl sites for hydroxylation is 3. The fourth-order valence-electron chi connectivity index (χ4n) is 2.90. The van der Waals surface area contributed by atoms with Gasteiger partial charge in [0.15, 0.2) is 0 Å². The second kappa shape index (κ2) is 6.27. The first-order chi connectivity index (χ1) is 9.47. The molecule has 1 aromatic rings. The molecule has 110 valence electrons. The topological polar surface area (TPSA) is 38.3 Å². The van der Waals surface area contributed by atoms with Gasteiger partial charge in [0.05, 0.1) is 5.54 Å². The lowest BCUT2D eigenvalue weighted by Crippen LogP contribution is -2.53. The fraction of sp³-hybridized carbons (Fsp3) is 0.562. The van der Waals surface area contributed by atoms with E-state index < -0.39 is 0 Å². The van der Waals surface area contributed by atoms with Gasteiger partial charge in [-0.3, -0.25) is 4.79 Å². The first kappa shape index (κ1) is 15.5. The molecule has 1 aliphatic heterocycles. The van der Waals surface area contributed by atoms with Gasteiger partial charge in [-0.1, -0.05) is 33.6 Å². The highest BCUT2D eigenvalue weighted by Crippen LogP contribution is 2.25. The zero-order valence-electron chi connectivity index (χ0n) is 12.4. The van der Waals surface area contributed by atoms with E-state index in [1.807, 2.05) is 13.8 Å². The zero-order valence-corrected chi connectivity index (χ0v) is 14.0. The van der Waals surface area contributed by atoms with Crippen LogP contribution in [0.1, 0.15) is 39.9 Å². The third kappa shape index (κ3) is 3.23. The van der Waals surface area contributed by atoms with Crippen LogP contribution >= 0.6 is 15.9 Å². The van der Waals surface area contributed by atoms with Crippen molar-refractivity contribution < 1.29 is 9.53 Å². The maximum atomic E-state index is 12.7. The molecule has 20 heavy (non-hydrogen) atoms. The molecular weight excluding hydrogens is 318 g/mol. The van der Waals surface area contributed by atoms with Crippen molar-refractivity contribution in [3.05, 3.63) is 34.4 Å². The van der Waals surface area contributed by atoms with E-state index in [1.165, 1.54) is 5.56 Å². The number of hydrogen-bond donors (Lipinski definition) is 1. The number of carbonyl (C=O) groups is 1. The first-order valence-electron chi connectivity index (χ1n) is 7.01. The van der Waals surface area contributed by atoms with Crippen molar-refractivity contribution in [3.8, 4) is 0 Å². The molecular formula is C16H22BrNO2. The molecule has 0 bridgehead atoms. The van der Waals surface area contributed by atoms with Gasteiger partial charge in [-0.25, -0.2) is 0 Å². The number of halogens is 1. The summed E-state index contributed by atoms with van der Waals surface area (Å²) in [6.45, 7) is 7.47. The van der Waals surface area contributed by atoms with Gasteiger partial charge >= 0.3 is 0 Å². The normalized spacial score (nSPS) is 17.8. The summed E-state index contributed by atoms with van der Waals surface area (Å²) in [5, 5.41) is 4.00. The third-order valence-electron chi connectivity index (χ3n) is 3.99. The van der Waals surface area contributed by atoms with Crippen LogP contribution in [0.15, 0.2) is 12.1 Å². The summed E-state index contributed by atoms with van der Waals surface area (Å²) in [5.41, 5.74) is 3.90. The van der Waals surface area contributed by atoms with Gasteiger partial charge in [-0.15, -0.1) is 0 Å². The molecule has 0 aliphatic carbocycles. The van der Waals surface area contributed by atoms with Crippen LogP contribution in [0.2, 0.25) is 0 Å². The lowest BCUT2D eigenvalue weighted by atomic mass is 9.91. The van der Waals surface area contributed by atoms with Crippen LogP contribution in [0.4, 0.5) is 0 Å². The lowest BCUT2D eigenvalue weighted by Gasteiger charge is -2.36. The molecule has 0 radical (unpaired) electrons. The van der Waals surface area contributed by atoms with Gasteiger partial charge in [0.25, 0.3) is 5.91 Å². The number of benzene rings is 1. The molecule has 1 N–H and O–H groups in total. The zero-order chi connectivity index (χ0) is 14.8. The number of amides is 1. The summed E-state index contributed by atoms with van der Waals surface area (Å²) in [6, 6.07) is 4.12. The van der Waals surface area contributed by atoms with E-state index in [0.29, 0.717) is 13.2 Å².